The Morgan fingerprint density at radius 3 is 2.38 bits per heavy atom. The highest BCUT2D eigenvalue weighted by atomic mass is 19.4. The molecule has 0 fully saturated rings. The lowest BCUT2D eigenvalue weighted by Crippen LogP contribution is -2.21. The Bertz CT molecular complexity index is 1260. The van der Waals surface area contributed by atoms with Crippen LogP contribution >= 0.6 is 0 Å². The molecular weight excluding hydrogens is 455 g/mol. The van der Waals surface area contributed by atoms with Gasteiger partial charge in [0.25, 0.3) is 0 Å². The second-order valence-electron chi connectivity index (χ2n) is 6.76. The molecule has 2 N–H and O–H groups in total. The third-order valence-corrected chi connectivity index (χ3v) is 4.13. The highest BCUT2D eigenvalue weighted by Gasteiger charge is 2.38. The molecule has 13 heteroatoms. The fraction of sp³-hybridized carbons (Fsp3) is 0.143. The highest BCUT2D eigenvalue weighted by Crippen LogP contribution is 2.17. The lowest BCUT2D eigenvalue weighted by Gasteiger charge is -2.08. The van der Waals surface area contributed by atoms with Crippen molar-refractivity contribution in [2.75, 3.05) is 5.32 Å². The van der Waals surface area contributed by atoms with Crippen molar-refractivity contribution >= 4 is 17.7 Å². The second-order valence-corrected chi connectivity index (χ2v) is 6.76. The molecule has 0 saturated carbocycles. The van der Waals surface area contributed by atoms with Crippen LogP contribution in [0.5, 0.6) is 0 Å². The van der Waals surface area contributed by atoms with Crippen LogP contribution in [0.25, 0.3) is 17.1 Å². The van der Waals surface area contributed by atoms with Crippen LogP contribution in [0.2, 0.25) is 0 Å². The van der Waals surface area contributed by atoms with Crippen molar-refractivity contribution < 1.29 is 27.9 Å². The van der Waals surface area contributed by atoms with E-state index in [1.807, 2.05) is 43.3 Å². The summed E-state index contributed by atoms with van der Waals surface area (Å²) < 4.78 is 34.9. The van der Waals surface area contributed by atoms with Crippen molar-refractivity contribution in [2.45, 2.75) is 19.6 Å². The predicted octanol–water partition coefficient (Wildman–Crippen LogP) is 3.11. The van der Waals surface area contributed by atoms with Crippen molar-refractivity contribution in [2.24, 2.45) is 0 Å². The lowest BCUT2D eigenvalue weighted by molar-refractivity contribution is -0.192. The molecule has 4 heterocycles. The second kappa shape index (κ2) is 10.4. The van der Waals surface area contributed by atoms with Crippen LogP contribution < -0.4 is 5.32 Å². The Morgan fingerprint density at radius 2 is 1.76 bits per heavy atom. The minimum absolute atomic E-state index is 0.0948. The number of pyridine rings is 2. The molecule has 0 saturated heterocycles. The van der Waals surface area contributed by atoms with Crippen LogP contribution in [-0.2, 0) is 16.1 Å². The van der Waals surface area contributed by atoms with E-state index in [9.17, 15) is 18.0 Å². The fourth-order valence-corrected chi connectivity index (χ4v) is 2.70. The molecule has 0 radical (unpaired) electrons. The zero-order valence-corrected chi connectivity index (χ0v) is 17.6. The zero-order valence-electron chi connectivity index (χ0n) is 17.6. The van der Waals surface area contributed by atoms with Gasteiger partial charge in [-0.05, 0) is 37.3 Å². The number of halogens is 3. The Balaban J connectivity index is 0.000000406. The average molecular weight is 473 g/mol. The summed E-state index contributed by atoms with van der Waals surface area (Å²) in [7, 11) is 0. The number of carbonyl (C=O) groups is 2. The normalized spacial score (nSPS) is 10.8. The van der Waals surface area contributed by atoms with Crippen LogP contribution in [0, 0.1) is 6.92 Å². The van der Waals surface area contributed by atoms with Crippen molar-refractivity contribution in [3.8, 4) is 17.1 Å². The summed E-state index contributed by atoms with van der Waals surface area (Å²) in [4.78, 5) is 29.6. The van der Waals surface area contributed by atoms with Gasteiger partial charge in [0.1, 0.15) is 12.4 Å². The largest absolute Gasteiger partial charge is 0.490 e. The number of nitrogens with one attached hydrogen (secondary N) is 1. The van der Waals surface area contributed by atoms with E-state index in [1.54, 1.807) is 40.2 Å². The van der Waals surface area contributed by atoms with Gasteiger partial charge >= 0.3 is 12.1 Å². The Morgan fingerprint density at radius 1 is 1.06 bits per heavy atom. The Hall–Kier alpha value is -4.55. The number of aliphatic carboxylic acids is 1. The third-order valence-electron chi connectivity index (χ3n) is 4.13. The van der Waals surface area contributed by atoms with Gasteiger partial charge < -0.3 is 10.4 Å². The van der Waals surface area contributed by atoms with Gasteiger partial charge in [-0.15, -0.1) is 0 Å². The van der Waals surface area contributed by atoms with Gasteiger partial charge in [0.05, 0.1) is 11.4 Å². The van der Waals surface area contributed by atoms with Crippen molar-refractivity contribution in [1.29, 1.82) is 0 Å². The number of hydrogen-bond donors (Lipinski definition) is 2. The minimum atomic E-state index is -5.08. The van der Waals surface area contributed by atoms with Crippen molar-refractivity contribution in [3.05, 3.63) is 72.9 Å². The van der Waals surface area contributed by atoms with Gasteiger partial charge in [0, 0.05) is 36.4 Å². The smallest absolute Gasteiger partial charge is 0.475 e. The average Bonchev–Trinajstić information content (AvgIpc) is 3.41. The summed E-state index contributed by atoms with van der Waals surface area (Å²) in [6.45, 7) is 1.96. The maximum atomic E-state index is 12.5. The molecule has 0 atom stereocenters. The van der Waals surface area contributed by atoms with Gasteiger partial charge in [-0.2, -0.15) is 28.1 Å². The van der Waals surface area contributed by atoms with Crippen LogP contribution in [0.3, 0.4) is 0 Å². The molecule has 176 valence electrons. The van der Waals surface area contributed by atoms with E-state index in [0.29, 0.717) is 11.6 Å². The molecule has 0 aliphatic rings. The number of aromatic nitrogens is 6. The molecule has 34 heavy (non-hydrogen) atoms. The molecular formula is C21H18F3N7O3. The summed E-state index contributed by atoms with van der Waals surface area (Å²) >= 11 is 0. The zero-order chi connectivity index (χ0) is 24.7. The molecule has 4 rings (SSSR count). The van der Waals surface area contributed by atoms with E-state index in [4.69, 9.17) is 9.90 Å². The molecule has 10 nitrogen and oxygen atoms in total. The molecule has 4 aromatic rings. The van der Waals surface area contributed by atoms with E-state index >= 15 is 0 Å². The van der Waals surface area contributed by atoms with Crippen LogP contribution in [-0.4, -0.2) is 52.7 Å². The Kier molecular flexibility index (Phi) is 7.36. The molecule has 1 amide bonds. The lowest BCUT2D eigenvalue weighted by atomic mass is 10.2. The van der Waals surface area contributed by atoms with E-state index < -0.39 is 12.1 Å². The molecule has 0 bridgehead atoms. The minimum Gasteiger partial charge on any atom is -0.475 e. The van der Waals surface area contributed by atoms with Crippen LogP contribution in [0.1, 0.15) is 5.69 Å². The number of anilines is 1. The monoisotopic (exact) mass is 473 g/mol. The maximum Gasteiger partial charge on any atom is 0.490 e. The van der Waals surface area contributed by atoms with Gasteiger partial charge in [0.2, 0.25) is 5.91 Å². The number of nitrogens with zero attached hydrogens (tertiary/aromatic N) is 6. The van der Waals surface area contributed by atoms with Gasteiger partial charge in [-0.1, -0.05) is 6.07 Å². The van der Waals surface area contributed by atoms with Gasteiger partial charge in [-0.3, -0.25) is 14.5 Å². The number of rotatable bonds is 5. The SMILES string of the molecule is Cc1cc(NC(=O)Cn2ccc(-c3ccncc3)n2)n(-c2ccccn2)n1.O=C(O)C(F)(F)F. The predicted molar refractivity (Wildman–Crippen MR) is 114 cm³/mol. The number of carbonyl (C=O) groups excluding carboxylic acids is 1. The number of carboxylic acid groups (broad SMARTS) is 1. The van der Waals surface area contributed by atoms with Gasteiger partial charge in [0.15, 0.2) is 5.82 Å². The summed E-state index contributed by atoms with van der Waals surface area (Å²) in [6, 6.07) is 13.0. The standard InChI is InChI=1S/C19H17N7O.C2HF3O2/c1-14-12-18(26(23-14)17-4-2-3-8-21-17)22-19(27)13-25-11-7-16(24-25)15-5-9-20-10-6-15;3-2(4,5)1(6)7/h2-12H,13H2,1H3,(H,22,27);(H,6,7). The molecule has 4 aromatic heterocycles. The molecule has 0 unspecified atom stereocenters. The third kappa shape index (κ3) is 6.48. The summed E-state index contributed by atoms with van der Waals surface area (Å²) in [5, 5.41) is 18.8. The van der Waals surface area contributed by atoms with E-state index in [-0.39, 0.29) is 12.5 Å². The fourth-order valence-electron chi connectivity index (χ4n) is 2.70. The number of alkyl halides is 3. The van der Waals surface area contributed by atoms with Crippen molar-refractivity contribution in [1.82, 2.24) is 29.5 Å². The first kappa shape index (κ1) is 24.1. The van der Waals surface area contributed by atoms with Crippen LogP contribution in [0.15, 0.2) is 67.3 Å². The number of aryl methyl sites for hydroxylation is 1. The van der Waals surface area contributed by atoms with Crippen molar-refractivity contribution in [3.63, 3.8) is 0 Å². The number of carboxylic acids is 1. The van der Waals surface area contributed by atoms with Gasteiger partial charge in [-0.25, -0.2) is 9.78 Å². The Labute approximate surface area is 190 Å². The topological polar surface area (TPSA) is 128 Å². The molecule has 0 aliphatic heterocycles. The summed E-state index contributed by atoms with van der Waals surface area (Å²) in [6.07, 6.45) is 1.79. The number of hydrogen-bond acceptors (Lipinski definition) is 6. The van der Waals surface area contributed by atoms with E-state index in [2.05, 4.69) is 25.5 Å². The van der Waals surface area contributed by atoms with E-state index in [1.165, 1.54) is 0 Å². The first-order chi connectivity index (χ1) is 16.1. The van der Waals surface area contributed by atoms with E-state index in [0.717, 1.165) is 17.0 Å². The molecule has 0 aromatic carbocycles. The highest BCUT2D eigenvalue weighted by molar-refractivity contribution is 5.90. The first-order valence-corrected chi connectivity index (χ1v) is 9.65. The molecule has 0 spiro atoms. The van der Waals surface area contributed by atoms with Crippen LogP contribution in [0.4, 0.5) is 19.0 Å². The summed E-state index contributed by atoms with van der Waals surface area (Å²) in [5.74, 6) is -1.75. The maximum absolute atomic E-state index is 12.5. The molecule has 0 aliphatic carbocycles. The number of amides is 1. The quantitative estimate of drug-likeness (QED) is 0.456. The summed E-state index contributed by atoms with van der Waals surface area (Å²) in [5.41, 5.74) is 2.53. The first-order valence-electron chi connectivity index (χ1n) is 9.65.